The first kappa shape index (κ1) is 26.0. The molecule has 1 aliphatic rings. The van der Waals surface area contributed by atoms with Crippen LogP contribution in [-0.2, 0) is 23.4 Å². The van der Waals surface area contributed by atoms with Crippen LogP contribution in [0.4, 0.5) is 13.2 Å². The van der Waals surface area contributed by atoms with Crippen LogP contribution in [0, 0.1) is 0 Å². The molecule has 0 spiro atoms. The molecular weight excluding hydrogens is 467 g/mol. The molecule has 0 aliphatic carbocycles. The molecule has 0 saturated carbocycles. The van der Waals surface area contributed by atoms with Crippen molar-refractivity contribution in [2.75, 3.05) is 26.2 Å². The van der Waals surface area contributed by atoms with Gasteiger partial charge < -0.3 is 14.6 Å². The van der Waals surface area contributed by atoms with Gasteiger partial charge in [-0.15, -0.1) is 24.9 Å². The standard InChI is InChI=1S/C25H28F3NO4S/c1-2-3-23(34-17-18-4-7-21(8-5-18)33-25(26,27)28)15-29-12-10-19-6-9-22(32-16-24(30)31)14-20(19)11-13-29/h3-9,14H,2,10-13,15-17H2,1H3,(H,30,31)/b23-3-. The van der Waals surface area contributed by atoms with Crippen molar-refractivity contribution in [1.82, 2.24) is 4.90 Å². The Hall–Kier alpha value is -2.65. The molecule has 0 radical (unpaired) electrons. The number of ether oxygens (including phenoxy) is 2. The van der Waals surface area contributed by atoms with Crippen molar-refractivity contribution in [2.45, 2.75) is 38.3 Å². The van der Waals surface area contributed by atoms with E-state index in [0.717, 1.165) is 44.5 Å². The highest BCUT2D eigenvalue weighted by Gasteiger charge is 2.30. The number of fused-ring (bicyclic) bond motifs is 1. The molecule has 184 valence electrons. The topological polar surface area (TPSA) is 59.0 Å². The van der Waals surface area contributed by atoms with Crippen LogP contribution in [-0.4, -0.2) is 48.6 Å². The zero-order valence-corrected chi connectivity index (χ0v) is 19.8. The van der Waals surface area contributed by atoms with E-state index in [1.807, 2.05) is 18.2 Å². The van der Waals surface area contributed by atoms with Crippen molar-refractivity contribution >= 4 is 17.7 Å². The maximum Gasteiger partial charge on any atom is 0.573 e. The molecule has 9 heteroatoms. The van der Waals surface area contributed by atoms with Gasteiger partial charge in [-0.05, 0) is 65.1 Å². The van der Waals surface area contributed by atoms with Gasteiger partial charge in [-0.25, -0.2) is 4.79 Å². The Morgan fingerprint density at radius 3 is 2.41 bits per heavy atom. The van der Waals surface area contributed by atoms with Gasteiger partial charge in [0, 0.05) is 25.4 Å². The van der Waals surface area contributed by atoms with Gasteiger partial charge in [0.2, 0.25) is 0 Å². The second kappa shape index (κ2) is 12.2. The van der Waals surface area contributed by atoms with Crippen LogP contribution in [0.3, 0.4) is 0 Å². The number of thioether (sulfide) groups is 1. The SMILES string of the molecule is CC/C=C(/CN1CCc2ccc(OCC(=O)O)cc2CC1)SCc1ccc(OC(F)(F)F)cc1. The van der Waals surface area contributed by atoms with Gasteiger partial charge in [0.25, 0.3) is 0 Å². The summed E-state index contributed by atoms with van der Waals surface area (Å²) in [6, 6.07) is 11.8. The zero-order valence-electron chi connectivity index (χ0n) is 18.9. The Bertz CT molecular complexity index is 993. The van der Waals surface area contributed by atoms with E-state index in [4.69, 9.17) is 9.84 Å². The predicted molar refractivity (Wildman–Crippen MR) is 126 cm³/mol. The number of carboxylic acid groups (broad SMARTS) is 1. The fourth-order valence-electron chi connectivity index (χ4n) is 3.72. The quantitative estimate of drug-likeness (QED) is 0.458. The molecular formula is C25H28F3NO4S. The minimum Gasteiger partial charge on any atom is -0.482 e. The second-order valence-electron chi connectivity index (χ2n) is 7.95. The summed E-state index contributed by atoms with van der Waals surface area (Å²) in [5.74, 6) is 0.0188. The van der Waals surface area contributed by atoms with E-state index in [-0.39, 0.29) is 12.4 Å². The van der Waals surface area contributed by atoms with Crippen molar-refractivity contribution in [3.8, 4) is 11.5 Å². The number of nitrogens with zero attached hydrogens (tertiary/aromatic N) is 1. The first-order chi connectivity index (χ1) is 16.2. The molecule has 0 saturated heterocycles. The lowest BCUT2D eigenvalue weighted by Crippen LogP contribution is -2.28. The lowest BCUT2D eigenvalue weighted by atomic mass is 10.0. The van der Waals surface area contributed by atoms with E-state index in [9.17, 15) is 18.0 Å². The van der Waals surface area contributed by atoms with E-state index in [1.165, 1.54) is 28.2 Å². The summed E-state index contributed by atoms with van der Waals surface area (Å²) in [5, 5.41) is 8.80. The van der Waals surface area contributed by atoms with Gasteiger partial charge in [0.1, 0.15) is 11.5 Å². The van der Waals surface area contributed by atoms with Crippen molar-refractivity contribution in [3.05, 3.63) is 70.1 Å². The summed E-state index contributed by atoms with van der Waals surface area (Å²) in [6.45, 7) is 4.32. The Morgan fingerprint density at radius 1 is 1.09 bits per heavy atom. The molecule has 5 nitrogen and oxygen atoms in total. The van der Waals surface area contributed by atoms with E-state index in [2.05, 4.69) is 22.6 Å². The van der Waals surface area contributed by atoms with Gasteiger partial charge >= 0.3 is 12.3 Å². The normalized spacial score (nSPS) is 14.9. The van der Waals surface area contributed by atoms with Gasteiger partial charge in [0.15, 0.2) is 6.61 Å². The number of allylic oxidation sites excluding steroid dienone is 1. The van der Waals surface area contributed by atoms with Gasteiger partial charge in [-0.2, -0.15) is 0 Å². The number of carbonyl (C=O) groups is 1. The van der Waals surface area contributed by atoms with Crippen LogP contribution in [0.2, 0.25) is 0 Å². The Kier molecular flexibility index (Phi) is 9.29. The summed E-state index contributed by atoms with van der Waals surface area (Å²) in [7, 11) is 0. The third kappa shape index (κ3) is 8.61. The number of rotatable bonds is 10. The Labute approximate surface area is 201 Å². The van der Waals surface area contributed by atoms with Crippen molar-refractivity contribution in [1.29, 1.82) is 0 Å². The highest BCUT2D eigenvalue weighted by atomic mass is 32.2. The average molecular weight is 496 g/mol. The van der Waals surface area contributed by atoms with Gasteiger partial charge in [-0.1, -0.05) is 31.2 Å². The lowest BCUT2D eigenvalue weighted by molar-refractivity contribution is -0.274. The highest BCUT2D eigenvalue weighted by molar-refractivity contribution is 8.02. The van der Waals surface area contributed by atoms with Gasteiger partial charge in [0.05, 0.1) is 0 Å². The third-order valence-corrected chi connectivity index (χ3v) is 6.47. The molecule has 0 aromatic heterocycles. The van der Waals surface area contributed by atoms with E-state index < -0.39 is 12.3 Å². The van der Waals surface area contributed by atoms with Crippen LogP contribution in [0.1, 0.15) is 30.0 Å². The summed E-state index contributed by atoms with van der Waals surface area (Å²) in [4.78, 5) is 14.4. The van der Waals surface area contributed by atoms with Crippen LogP contribution in [0.15, 0.2) is 53.4 Å². The van der Waals surface area contributed by atoms with E-state index in [0.29, 0.717) is 11.5 Å². The number of aliphatic carboxylic acids is 1. The summed E-state index contributed by atoms with van der Waals surface area (Å²) in [6.07, 6.45) is 0.164. The molecule has 0 unspecified atom stereocenters. The van der Waals surface area contributed by atoms with Crippen LogP contribution in [0.25, 0.3) is 0 Å². The highest BCUT2D eigenvalue weighted by Crippen LogP contribution is 2.28. The van der Waals surface area contributed by atoms with Crippen LogP contribution < -0.4 is 9.47 Å². The fourth-order valence-corrected chi connectivity index (χ4v) is 4.82. The molecule has 1 aliphatic heterocycles. The molecule has 3 rings (SSSR count). The molecule has 0 fully saturated rings. The summed E-state index contributed by atoms with van der Waals surface area (Å²) < 4.78 is 46.3. The number of hydrogen-bond acceptors (Lipinski definition) is 5. The summed E-state index contributed by atoms with van der Waals surface area (Å²) >= 11 is 1.70. The maximum absolute atomic E-state index is 12.3. The molecule has 0 amide bonds. The van der Waals surface area contributed by atoms with E-state index >= 15 is 0 Å². The first-order valence-corrected chi connectivity index (χ1v) is 12.1. The molecule has 1 N–H and O–H groups in total. The van der Waals surface area contributed by atoms with E-state index in [1.54, 1.807) is 23.9 Å². The molecule has 34 heavy (non-hydrogen) atoms. The fraction of sp³-hybridized carbons (Fsp3) is 0.400. The Morgan fingerprint density at radius 2 is 1.76 bits per heavy atom. The van der Waals surface area contributed by atoms with Gasteiger partial charge in [-0.3, -0.25) is 4.90 Å². The van der Waals surface area contributed by atoms with Crippen LogP contribution >= 0.6 is 11.8 Å². The van der Waals surface area contributed by atoms with Crippen LogP contribution in [0.5, 0.6) is 11.5 Å². The molecule has 0 atom stereocenters. The number of hydrogen-bond donors (Lipinski definition) is 1. The monoisotopic (exact) mass is 495 g/mol. The molecule has 2 aromatic carbocycles. The largest absolute Gasteiger partial charge is 0.573 e. The smallest absolute Gasteiger partial charge is 0.482 e. The lowest BCUT2D eigenvalue weighted by Gasteiger charge is -2.21. The predicted octanol–water partition coefficient (Wildman–Crippen LogP) is 5.68. The minimum atomic E-state index is -4.69. The Balaban J connectivity index is 1.54. The average Bonchev–Trinajstić information content (AvgIpc) is 2.98. The molecule has 0 bridgehead atoms. The van der Waals surface area contributed by atoms with Crippen molar-refractivity contribution < 1.29 is 32.5 Å². The number of alkyl halides is 3. The number of halogens is 3. The zero-order chi connectivity index (χ0) is 24.6. The van der Waals surface area contributed by atoms with Crippen molar-refractivity contribution in [3.63, 3.8) is 0 Å². The number of benzene rings is 2. The minimum absolute atomic E-state index is 0.216. The number of carboxylic acids is 1. The van der Waals surface area contributed by atoms with Crippen molar-refractivity contribution in [2.24, 2.45) is 0 Å². The second-order valence-corrected chi connectivity index (χ2v) is 9.05. The molecule has 2 aromatic rings. The third-order valence-electron chi connectivity index (χ3n) is 5.33. The first-order valence-electron chi connectivity index (χ1n) is 11.1. The summed E-state index contributed by atoms with van der Waals surface area (Å²) in [5.41, 5.74) is 3.36. The molecule has 1 heterocycles. The maximum atomic E-state index is 12.3.